The fourth-order valence-corrected chi connectivity index (χ4v) is 3.92. The molecule has 0 saturated heterocycles. The number of benzene rings is 2. The van der Waals surface area contributed by atoms with Gasteiger partial charge in [0.1, 0.15) is 18.0 Å². The molecule has 7 heteroatoms. The zero-order valence-corrected chi connectivity index (χ0v) is 17.3. The zero-order chi connectivity index (χ0) is 21.4. The Morgan fingerprint density at radius 2 is 1.74 bits per heavy atom. The van der Waals surface area contributed by atoms with Gasteiger partial charge in [-0.05, 0) is 43.7 Å². The van der Waals surface area contributed by atoms with Gasteiger partial charge in [-0.25, -0.2) is 14.4 Å². The van der Waals surface area contributed by atoms with E-state index in [4.69, 9.17) is 0 Å². The lowest BCUT2D eigenvalue weighted by atomic mass is 10.1. The summed E-state index contributed by atoms with van der Waals surface area (Å²) in [5.74, 6) is 0.521. The summed E-state index contributed by atoms with van der Waals surface area (Å²) in [5, 5.41) is 4.29. The van der Waals surface area contributed by atoms with Crippen LogP contribution in [0.4, 0.5) is 10.2 Å². The highest BCUT2D eigenvalue weighted by atomic mass is 19.1. The van der Waals surface area contributed by atoms with Crippen LogP contribution in [0.2, 0.25) is 0 Å². The van der Waals surface area contributed by atoms with Crippen molar-refractivity contribution in [2.24, 2.45) is 0 Å². The fraction of sp³-hybridized carbons (Fsp3) is 0.167. The van der Waals surface area contributed by atoms with Crippen LogP contribution in [-0.4, -0.2) is 31.0 Å². The van der Waals surface area contributed by atoms with Gasteiger partial charge in [-0.1, -0.05) is 12.1 Å². The predicted octanol–water partition coefficient (Wildman–Crippen LogP) is 4.91. The Balaban J connectivity index is 1.36. The van der Waals surface area contributed by atoms with Gasteiger partial charge in [-0.15, -0.1) is 0 Å². The highest BCUT2D eigenvalue weighted by Gasteiger charge is 2.12. The number of aromatic nitrogens is 5. The van der Waals surface area contributed by atoms with Crippen molar-refractivity contribution in [1.29, 1.82) is 0 Å². The lowest BCUT2D eigenvalue weighted by Gasteiger charge is -2.11. The highest BCUT2D eigenvalue weighted by Crippen LogP contribution is 2.26. The van der Waals surface area contributed by atoms with Gasteiger partial charge >= 0.3 is 0 Å². The summed E-state index contributed by atoms with van der Waals surface area (Å²) in [7, 11) is 0. The van der Waals surface area contributed by atoms with Crippen molar-refractivity contribution in [2.45, 2.75) is 20.4 Å². The van der Waals surface area contributed by atoms with E-state index in [1.54, 1.807) is 12.4 Å². The van der Waals surface area contributed by atoms with E-state index in [1.165, 1.54) is 12.4 Å². The minimum Gasteiger partial charge on any atom is -0.368 e. The van der Waals surface area contributed by atoms with Crippen LogP contribution in [0.15, 0.2) is 61.2 Å². The van der Waals surface area contributed by atoms with E-state index in [2.05, 4.69) is 25.3 Å². The van der Waals surface area contributed by atoms with Crippen LogP contribution < -0.4 is 5.32 Å². The van der Waals surface area contributed by atoms with E-state index in [-0.39, 0.29) is 5.82 Å². The molecule has 0 saturated carbocycles. The Morgan fingerprint density at radius 3 is 2.61 bits per heavy atom. The summed E-state index contributed by atoms with van der Waals surface area (Å²) >= 11 is 0. The van der Waals surface area contributed by atoms with E-state index in [0.29, 0.717) is 18.6 Å². The van der Waals surface area contributed by atoms with Crippen LogP contribution >= 0.6 is 0 Å². The summed E-state index contributed by atoms with van der Waals surface area (Å²) in [6.07, 6.45) is 4.89. The number of rotatable bonds is 5. The second-order valence-electron chi connectivity index (χ2n) is 7.54. The predicted molar refractivity (Wildman–Crippen MR) is 120 cm³/mol. The third-order valence-corrected chi connectivity index (χ3v) is 5.51. The summed E-state index contributed by atoms with van der Waals surface area (Å²) in [6, 6.07) is 13.2. The first-order valence-electron chi connectivity index (χ1n) is 10.1. The molecule has 1 N–H and O–H groups in total. The second kappa shape index (κ2) is 7.75. The summed E-state index contributed by atoms with van der Waals surface area (Å²) < 4.78 is 16.5. The number of nitrogens with zero attached hydrogens (tertiary/aromatic N) is 5. The molecular weight excluding hydrogens is 391 g/mol. The minimum absolute atomic E-state index is 0.197. The van der Waals surface area contributed by atoms with Crippen LogP contribution in [0.5, 0.6) is 0 Å². The first-order chi connectivity index (χ1) is 15.1. The van der Waals surface area contributed by atoms with E-state index in [9.17, 15) is 4.39 Å². The maximum Gasteiger partial charge on any atom is 0.147 e. The van der Waals surface area contributed by atoms with Crippen molar-refractivity contribution in [2.75, 3.05) is 11.9 Å². The fourth-order valence-electron chi connectivity index (χ4n) is 3.92. The largest absolute Gasteiger partial charge is 0.368 e. The van der Waals surface area contributed by atoms with Crippen LogP contribution in [0, 0.1) is 19.7 Å². The molecule has 0 bridgehead atoms. The molecule has 5 aromatic rings. The number of aryl methyl sites for hydroxylation is 2. The first-order valence-corrected chi connectivity index (χ1v) is 10.1. The van der Waals surface area contributed by atoms with Gasteiger partial charge < -0.3 is 9.88 Å². The molecule has 5 rings (SSSR count). The highest BCUT2D eigenvalue weighted by molar-refractivity contribution is 5.85. The molecule has 31 heavy (non-hydrogen) atoms. The van der Waals surface area contributed by atoms with Gasteiger partial charge in [0.05, 0.1) is 22.2 Å². The topological polar surface area (TPSA) is 68.5 Å². The molecule has 0 spiro atoms. The van der Waals surface area contributed by atoms with E-state index in [0.717, 1.165) is 44.8 Å². The van der Waals surface area contributed by atoms with Gasteiger partial charge in [0.2, 0.25) is 0 Å². The number of halogens is 1. The Hall–Kier alpha value is -3.87. The summed E-state index contributed by atoms with van der Waals surface area (Å²) in [4.78, 5) is 17.4. The Labute approximate surface area is 178 Å². The van der Waals surface area contributed by atoms with Gasteiger partial charge in [0, 0.05) is 48.2 Å². The molecule has 2 aromatic carbocycles. The monoisotopic (exact) mass is 412 g/mol. The Kier molecular flexibility index (Phi) is 4.78. The molecule has 0 atom stereocenters. The van der Waals surface area contributed by atoms with Gasteiger partial charge in [-0.2, -0.15) is 0 Å². The van der Waals surface area contributed by atoms with Crippen molar-refractivity contribution in [3.63, 3.8) is 0 Å². The van der Waals surface area contributed by atoms with E-state index < -0.39 is 0 Å². The lowest BCUT2D eigenvalue weighted by Crippen LogP contribution is -2.13. The molecule has 0 aliphatic heterocycles. The zero-order valence-electron chi connectivity index (χ0n) is 17.3. The molecular formula is C24H21FN6. The van der Waals surface area contributed by atoms with Gasteiger partial charge in [0.25, 0.3) is 0 Å². The number of fused-ring (bicyclic) bond motifs is 2. The molecule has 0 aliphatic carbocycles. The van der Waals surface area contributed by atoms with Crippen molar-refractivity contribution in [3.8, 4) is 11.3 Å². The number of nitrogens with one attached hydrogen (secondary N) is 1. The smallest absolute Gasteiger partial charge is 0.147 e. The standard InChI is InChI=1S/C24H21FN6/c1-15-3-5-19(25)24-18(15)11-16(2)31(24)10-9-28-23-13-21(29-14-30-23)17-4-6-20-22(12-17)27-8-7-26-20/h3-8,11-14H,9-10H2,1-2H3,(H,28,29,30). The third kappa shape index (κ3) is 3.59. The SMILES string of the molecule is Cc1ccc(F)c2c1cc(C)n2CCNc1cc(-c2ccc3nccnc3c2)ncn1. The normalized spacial score (nSPS) is 11.3. The average Bonchev–Trinajstić information content (AvgIpc) is 3.13. The van der Waals surface area contributed by atoms with Crippen LogP contribution in [0.3, 0.4) is 0 Å². The van der Waals surface area contributed by atoms with Gasteiger partial charge in [-0.3, -0.25) is 9.97 Å². The first kappa shape index (κ1) is 19.1. The maximum atomic E-state index is 14.5. The third-order valence-electron chi connectivity index (χ3n) is 5.51. The average molecular weight is 412 g/mol. The summed E-state index contributed by atoms with van der Waals surface area (Å²) in [5.41, 5.74) is 6.17. The Bertz CT molecular complexity index is 1410. The Morgan fingerprint density at radius 1 is 0.903 bits per heavy atom. The quantitative estimate of drug-likeness (QED) is 0.444. The summed E-state index contributed by atoms with van der Waals surface area (Å²) in [6.45, 7) is 5.24. The molecule has 0 unspecified atom stereocenters. The minimum atomic E-state index is -0.197. The molecule has 0 aliphatic rings. The van der Waals surface area contributed by atoms with Gasteiger partial charge in [0.15, 0.2) is 0 Å². The second-order valence-corrected chi connectivity index (χ2v) is 7.54. The van der Waals surface area contributed by atoms with Crippen LogP contribution in [0.1, 0.15) is 11.3 Å². The van der Waals surface area contributed by atoms with Crippen molar-refractivity contribution in [1.82, 2.24) is 24.5 Å². The molecule has 3 aromatic heterocycles. The number of hydrogen-bond acceptors (Lipinski definition) is 5. The lowest BCUT2D eigenvalue weighted by molar-refractivity contribution is 0.621. The molecule has 6 nitrogen and oxygen atoms in total. The molecule has 3 heterocycles. The van der Waals surface area contributed by atoms with Crippen molar-refractivity contribution < 1.29 is 4.39 Å². The van der Waals surface area contributed by atoms with Crippen LogP contribution in [0.25, 0.3) is 33.2 Å². The van der Waals surface area contributed by atoms with Crippen molar-refractivity contribution >= 4 is 27.8 Å². The molecule has 0 radical (unpaired) electrons. The number of hydrogen-bond donors (Lipinski definition) is 1. The van der Waals surface area contributed by atoms with E-state index in [1.807, 2.05) is 54.8 Å². The molecule has 154 valence electrons. The molecule has 0 fully saturated rings. The molecule has 0 amide bonds. The van der Waals surface area contributed by atoms with Crippen LogP contribution in [-0.2, 0) is 6.54 Å². The number of anilines is 1. The maximum absolute atomic E-state index is 14.5. The van der Waals surface area contributed by atoms with Crippen molar-refractivity contribution in [3.05, 3.63) is 78.3 Å². The van der Waals surface area contributed by atoms with E-state index >= 15 is 0 Å².